The van der Waals surface area contributed by atoms with Gasteiger partial charge < -0.3 is 14.5 Å². The number of phosphoric acid groups is 1. The molecular formula is C21H45O5P. The van der Waals surface area contributed by atoms with Gasteiger partial charge in [0.2, 0.25) is 0 Å². The minimum absolute atomic E-state index is 0.117. The van der Waals surface area contributed by atoms with Crippen LogP contribution in [-0.2, 0) is 13.8 Å². The highest BCUT2D eigenvalue weighted by Crippen LogP contribution is 2.37. The molecule has 0 bridgehead atoms. The Balaban J connectivity index is 3.55. The van der Waals surface area contributed by atoms with E-state index in [4.69, 9.17) is 14.5 Å². The van der Waals surface area contributed by atoms with Crippen molar-refractivity contribution in [2.24, 2.45) is 10.8 Å². The van der Waals surface area contributed by atoms with Gasteiger partial charge in [0.05, 0.1) is 6.61 Å². The lowest BCUT2D eigenvalue weighted by atomic mass is 9.82. The molecule has 0 aliphatic heterocycles. The van der Waals surface area contributed by atoms with E-state index in [0.717, 1.165) is 45.3 Å². The molecule has 2 N–H and O–H groups in total. The van der Waals surface area contributed by atoms with Crippen molar-refractivity contribution in [3.05, 3.63) is 0 Å². The predicted molar refractivity (Wildman–Crippen MR) is 113 cm³/mol. The summed E-state index contributed by atoms with van der Waals surface area (Å²) in [6.45, 7) is 13.2. The van der Waals surface area contributed by atoms with Crippen LogP contribution in [0, 0.1) is 10.8 Å². The van der Waals surface area contributed by atoms with Gasteiger partial charge in [-0.25, -0.2) is 4.57 Å². The maximum atomic E-state index is 10.6. The van der Waals surface area contributed by atoms with Crippen molar-refractivity contribution in [2.75, 3.05) is 19.8 Å². The molecule has 0 unspecified atom stereocenters. The third kappa shape index (κ3) is 19.2. The lowest BCUT2D eigenvalue weighted by Gasteiger charge is -2.24. The Labute approximate surface area is 167 Å². The van der Waals surface area contributed by atoms with E-state index in [9.17, 15) is 4.57 Å². The molecule has 5 nitrogen and oxygen atoms in total. The molecule has 0 spiro atoms. The topological polar surface area (TPSA) is 76.0 Å². The molecule has 0 aromatic heterocycles. The maximum Gasteiger partial charge on any atom is 0.469 e. The van der Waals surface area contributed by atoms with Crippen LogP contribution >= 0.6 is 7.82 Å². The Kier molecular flexibility index (Phi) is 14.2. The first-order chi connectivity index (χ1) is 12.5. The first kappa shape index (κ1) is 27.1. The van der Waals surface area contributed by atoms with Gasteiger partial charge in [0.1, 0.15) is 0 Å². The molecule has 6 heteroatoms. The van der Waals surface area contributed by atoms with E-state index in [1.165, 1.54) is 32.1 Å². The van der Waals surface area contributed by atoms with Gasteiger partial charge in [-0.1, -0.05) is 60.3 Å². The summed E-state index contributed by atoms with van der Waals surface area (Å²) in [5, 5.41) is 0. The number of hydrogen-bond donors (Lipinski definition) is 2. The van der Waals surface area contributed by atoms with E-state index in [0.29, 0.717) is 11.8 Å². The van der Waals surface area contributed by atoms with Crippen LogP contribution in [0.15, 0.2) is 0 Å². The van der Waals surface area contributed by atoms with E-state index in [1.54, 1.807) is 0 Å². The number of rotatable bonds is 18. The van der Waals surface area contributed by atoms with Crippen molar-refractivity contribution >= 4 is 7.82 Å². The number of hydrogen-bond acceptors (Lipinski definition) is 3. The fourth-order valence-electron chi connectivity index (χ4n) is 3.36. The molecule has 0 aromatic carbocycles. The molecule has 0 aliphatic rings. The molecule has 164 valence electrons. The molecule has 0 heterocycles. The monoisotopic (exact) mass is 408 g/mol. The van der Waals surface area contributed by atoms with Crippen LogP contribution in [-0.4, -0.2) is 29.6 Å². The third-order valence-electron chi connectivity index (χ3n) is 5.25. The minimum Gasteiger partial charge on any atom is -0.381 e. The summed E-state index contributed by atoms with van der Waals surface area (Å²) in [4.78, 5) is 17.3. The highest BCUT2D eigenvalue weighted by molar-refractivity contribution is 7.46. The Morgan fingerprint density at radius 1 is 0.704 bits per heavy atom. The van der Waals surface area contributed by atoms with Crippen LogP contribution in [0.25, 0.3) is 0 Å². The normalized spacial score (nSPS) is 13.3. The summed E-state index contributed by atoms with van der Waals surface area (Å²) in [7, 11) is -4.32. The van der Waals surface area contributed by atoms with E-state index in [2.05, 4.69) is 39.1 Å². The quantitative estimate of drug-likeness (QED) is 0.201. The van der Waals surface area contributed by atoms with Crippen molar-refractivity contribution in [1.82, 2.24) is 0 Å². The largest absolute Gasteiger partial charge is 0.469 e. The minimum atomic E-state index is -4.32. The van der Waals surface area contributed by atoms with E-state index in [1.807, 2.05) is 0 Å². The highest BCUT2D eigenvalue weighted by Gasteiger charge is 2.19. The second-order valence-electron chi connectivity index (χ2n) is 9.39. The van der Waals surface area contributed by atoms with Crippen molar-refractivity contribution in [3.63, 3.8) is 0 Å². The average Bonchev–Trinajstić information content (AvgIpc) is 2.54. The van der Waals surface area contributed by atoms with E-state index < -0.39 is 7.82 Å². The van der Waals surface area contributed by atoms with Crippen molar-refractivity contribution in [3.8, 4) is 0 Å². The van der Waals surface area contributed by atoms with Gasteiger partial charge in [0, 0.05) is 13.2 Å². The van der Waals surface area contributed by atoms with Gasteiger partial charge in [0.15, 0.2) is 0 Å². The summed E-state index contributed by atoms with van der Waals surface area (Å²) in [5.74, 6) is 0. The number of ether oxygens (including phenoxy) is 1. The smallest absolute Gasteiger partial charge is 0.381 e. The molecule has 0 amide bonds. The van der Waals surface area contributed by atoms with Crippen LogP contribution < -0.4 is 0 Å². The lowest BCUT2D eigenvalue weighted by molar-refractivity contribution is 0.119. The van der Waals surface area contributed by atoms with Crippen LogP contribution in [0.4, 0.5) is 0 Å². The van der Waals surface area contributed by atoms with Gasteiger partial charge in [-0.3, -0.25) is 4.52 Å². The molecule has 0 fully saturated rings. The molecule has 0 aromatic rings. The van der Waals surface area contributed by atoms with Crippen molar-refractivity contribution in [1.29, 1.82) is 0 Å². The number of phosphoric ester groups is 1. The standard InChI is InChI=1S/C21H45O5P/c1-6-7-13-20(2,3)14-8-10-17-25-18-11-9-15-21(4,5)16-12-19-26-27(22,23)24/h6-19H2,1-5H3,(H2,22,23,24). The fraction of sp³-hybridized carbons (Fsp3) is 1.00. The summed E-state index contributed by atoms with van der Waals surface area (Å²) in [6.07, 6.45) is 12.5. The van der Waals surface area contributed by atoms with Crippen LogP contribution in [0.3, 0.4) is 0 Å². The van der Waals surface area contributed by atoms with Gasteiger partial charge >= 0.3 is 7.82 Å². The predicted octanol–water partition coefficient (Wildman–Crippen LogP) is 6.48. The van der Waals surface area contributed by atoms with Crippen molar-refractivity contribution in [2.45, 2.75) is 105 Å². The Bertz CT molecular complexity index is 403. The van der Waals surface area contributed by atoms with Crippen LogP contribution in [0.1, 0.15) is 105 Å². The van der Waals surface area contributed by atoms with Crippen LogP contribution in [0.5, 0.6) is 0 Å². The molecule has 0 aliphatic carbocycles. The van der Waals surface area contributed by atoms with Crippen molar-refractivity contribution < 1.29 is 23.6 Å². The molecule has 0 saturated heterocycles. The zero-order valence-electron chi connectivity index (χ0n) is 18.5. The Morgan fingerprint density at radius 3 is 1.59 bits per heavy atom. The molecule has 0 rings (SSSR count). The zero-order valence-corrected chi connectivity index (χ0v) is 19.4. The fourth-order valence-corrected chi connectivity index (χ4v) is 3.72. The maximum absolute atomic E-state index is 10.6. The zero-order chi connectivity index (χ0) is 20.8. The molecule has 27 heavy (non-hydrogen) atoms. The summed E-state index contributed by atoms with van der Waals surface area (Å²) in [5.41, 5.74) is 0.639. The highest BCUT2D eigenvalue weighted by atomic mass is 31.2. The summed E-state index contributed by atoms with van der Waals surface area (Å²) >= 11 is 0. The average molecular weight is 409 g/mol. The first-order valence-electron chi connectivity index (χ1n) is 10.8. The second-order valence-corrected chi connectivity index (χ2v) is 10.6. The summed E-state index contributed by atoms with van der Waals surface area (Å²) in [6, 6.07) is 0. The van der Waals surface area contributed by atoms with Crippen LogP contribution in [0.2, 0.25) is 0 Å². The van der Waals surface area contributed by atoms with E-state index in [-0.39, 0.29) is 12.0 Å². The van der Waals surface area contributed by atoms with Gasteiger partial charge in [0.25, 0.3) is 0 Å². The molecule has 0 saturated carbocycles. The molecule has 0 radical (unpaired) electrons. The SMILES string of the molecule is CCCCC(C)(C)CCCCOCCCCC(C)(C)CCCOP(=O)(O)O. The van der Waals surface area contributed by atoms with Gasteiger partial charge in [-0.2, -0.15) is 0 Å². The lowest BCUT2D eigenvalue weighted by Crippen LogP contribution is -2.13. The van der Waals surface area contributed by atoms with Gasteiger partial charge in [-0.15, -0.1) is 0 Å². The molecule has 0 atom stereocenters. The van der Waals surface area contributed by atoms with E-state index >= 15 is 0 Å². The van der Waals surface area contributed by atoms with Gasteiger partial charge in [-0.05, 0) is 55.8 Å². The second kappa shape index (κ2) is 14.1. The first-order valence-corrected chi connectivity index (χ1v) is 12.3. The Morgan fingerprint density at radius 2 is 1.15 bits per heavy atom. The Hall–Kier alpha value is 0.0700. The summed E-state index contributed by atoms with van der Waals surface area (Å²) < 4.78 is 20.9. The third-order valence-corrected chi connectivity index (χ3v) is 5.77. The number of unbranched alkanes of at least 4 members (excludes halogenated alkanes) is 3. The molecular weight excluding hydrogens is 363 g/mol.